The van der Waals surface area contributed by atoms with Crippen molar-refractivity contribution in [1.29, 1.82) is 0 Å². The van der Waals surface area contributed by atoms with Crippen molar-refractivity contribution >= 4 is 71.2 Å². The fourth-order valence-corrected chi connectivity index (χ4v) is 8.01. The molecule has 2 aliphatic heterocycles. The van der Waals surface area contributed by atoms with E-state index in [1.807, 2.05) is 53.9 Å². The molecule has 0 fully saturated rings. The molecule has 7 aromatic rings. The zero-order valence-corrected chi connectivity index (χ0v) is 25.5. The summed E-state index contributed by atoms with van der Waals surface area (Å²) >= 11 is 1.87. The van der Waals surface area contributed by atoms with Crippen LogP contribution in [0.25, 0.3) is 42.0 Å². The molecule has 1 N–H and O–H groups in total. The minimum absolute atomic E-state index is 0.334. The summed E-state index contributed by atoms with van der Waals surface area (Å²) in [4.78, 5) is 15.4. The molecule has 5 nitrogen and oxygen atoms in total. The lowest BCUT2D eigenvalue weighted by molar-refractivity contribution is 0.360. The number of nitrogens with zero attached hydrogens (tertiary/aromatic N) is 4. The molecule has 0 amide bonds. The molecular formula is C39H29N5S. The van der Waals surface area contributed by atoms with Gasteiger partial charge in [-0.3, -0.25) is 4.99 Å². The molecular weight excluding hydrogens is 571 g/mol. The third-order valence-electron chi connectivity index (χ3n) is 9.01. The van der Waals surface area contributed by atoms with Crippen molar-refractivity contribution in [3.05, 3.63) is 144 Å². The Balaban J connectivity index is 1.16. The first-order valence-corrected chi connectivity index (χ1v) is 16.1. The Bertz CT molecular complexity index is 2390. The molecule has 216 valence electrons. The first-order chi connectivity index (χ1) is 22.2. The molecule has 2 atom stereocenters. The second-order valence-electron chi connectivity index (χ2n) is 11.9. The van der Waals surface area contributed by atoms with Gasteiger partial charge in [0, 0.05) is 50.0 Å². The van der Waals surface area contributed by atoms with Gasteiger partial charge in [0.25, 0.3) is 0 Å². The van der Waals surface area contributed by atoms with Crippen molar-refractivity contribution in [3.63, 3.8) is 0 Å². The maximum absolute atomic E-state index is 5.33. The molecule has 9 rings (SSSR count). The van der Waals surface area contributed by atoms with E-state index in [1.54, 1.807) is 0 Å². The average Bonchev–Trinajstić information content (AvgIpc) is 3.66. The smallest absolute Gasteiger partial charge is 0.169 e. The summed E-state index contributed by atoms with van der Waals surface area (Å²) in [6.07, 6.45) is 4.67. The summed E-state index contributed by atoms with van der Waals surface area (Å²) in [6, 6.07) is 42.5. The van der Waals surface area contributed by atoms with Crippen LogP contribution in [0.2, 0.25) is 0 Å². The highest BCUT2D eigenvalue weighted by Gasteiger charge is 2.33. The molecule has 1 unspecified atom stereocenters. The van der Waals surface area contributed by atoms with E-state index in [0.29, 0.717) is 0 Å². The van der Waals surface area contributed by atoms with Crippen LogP contribution in [0.15, 0.2) is 148 Å². The van der Waals surface area contributed by atoms with Gasteiger partial charge in [0.2, 0.25) is 0 Å². The second-order valence-corrected chi connectivity index (χ2v) is 12.9. The Morgan fingerprint density at radius 3 is 2.20 bits per heavy atom. The number of hydrogen-bond acceptors (Lipinski definition) is 5. The normalized spacial score (nSPS) is 19.9. The van der Waals surface area contributed by atoms with Crippen LogP contribution in [0.3, 0.4) is 0 Å². The van der Waals surface area contributed by atoms with Crippen molar-refractivity contribution in [2.24, 2.45) is 15.0 Å². The van der Waals surface area contributed by atoms with Crippen molar-refractivity contribution in [2.75, 3.05) is 0 Å². The number of nitrogens with one attached hydrogen (secondary N) is 1. The number of para-hydroxylation sites is 1. The van der Waals surface area contributed by atoms with Crippen LogP contribution in [0.4, 0.5) is 0 Å². The van der Waals surface area contributed by atoms with Crippen LogP contribution in [-0.2, 0) is 5.66 Å². The van der Waals surface area contributed by atoms with Gasteiger partial charge < -0.3 is 9.88 Å². The topological polar surface area (TPSA) is 54.0 Å². The lowest BCUT2D eigenvalue weighted by Crippen LogP contribution is -2.38. The fraction of sp³-hybridized carbons (Fsp3) is 0.103. The Morgan fingerprint density at radius 2 is 1.40 bits per heavy atom. The van der Waals surface area contributed by atoms with Gasteiger partial charge in [-0.2, -0.15) is 0 Å². The van der Waals surface area contributed by atoms with Gasteiger partial charge in [-0.1, -0.05) is 115 Å². The molecule has 0 aliphatic carbocycles. The van der Waals surface area contributed by atoms with E-state index >= 15 is 0 Å². The van der Waals surface area contributed by atoms with Crippen molar-refractivity contribution < 1.29 is 0 Å². The van der Waals surface area contributed by atoms with Crippen LogP contribution >= 0.6 is 11.3 Å². The van der Waals surface area contributed by atoms with Gasteiger partial charge in [-0.15, -0.1) is 11.3 Å². The predicted octanol–water partition coefficient (Wildman–Crippen LogP) is 9.38. The minimum atomic E-state index is -0.514. The van der Waals surface area contributed by atoms with E-state index in [-0.39, 0.29) is 6.17 Å². The zero-order valence-electron chi connectivity index (χ0n) is 24.7. The van der Waals surface area contributed by atoms with Crippen molar-refractivity contribution in [3.8, 4) is 0 Å². The number of fused-ring (bicyclic) bond motifs is 7. The summed E-state index contributed by atoms with van der Waals surface area (Å²) in [5.41, 5.74) is 5.00. The highest BCUT2D eigenvalue weighted by Crippen LogP contribution is 2.45. The number of aromatic nitrogens is 1. The summed E-state index contributed by atoms with van der Waals surface area (Å²) in [5.74, 6) is 1.60. The van der Waals surface area contributed by atoms with Gasteiger partial charge in [-0.05, 0) is 24.6 Å². The van der Waals surface area contributed by atoms with Crippen LogP contribution in [0, 0.1) is 0 Å². The maximum Gasteiger partial charge on any atom is 0.169 e. The molecule has 0 saturated carbocycles. The quantitative estimate of drug-likeness (QED) is 0.215. The Kier molecular flexibility index (Phi) is 5.87. The number of dihydropyridines is 1. The van der Waals surface area contributed by atoms with Crippen LogP contribution < -0.4 is 5.32 Å². The summed E-state index contributed by atoms with van der Waals surface area (Å²) in [6.45, 7) is 2.24. The second kappa shape index (κ2) is 10.1. The standard InChI is InChI=1S/C39H29N5S/c1-39(44-32-18-10-8-16-28(32)30-20-21-31-29-17-9-11-19-33(29)45-35(31)34(30)44)23-22-27(24-40-39)38-42-36(25-12-4-2-5-13-25)41-37(43-38)26-14-6-3-7-15-26/h2-22,24,36H,23H2,1H3,(H,41,42,43)/t36?,39-/m1/s1. The number of thiophene rings is 1. The van der Waals surface area contributed by atoms with Gasteiger partial charge in [0.15, 0.2) is 6.17 Å². The summed E-state index contributed by atoms with van der Waals surface area (Å²) in [5, 5.41) is 8.66. The van der Waals surface area contributed by atoms with Crippen LogP contribution in [0.1, 0.15) is 30.6 Å². The molecule has 0 saturated heterocycles. The first-order valence-electron chi connectivity index (χ1n) is 15.3. The number of rotatable bonds is 4. The largest absolute Gasteiger partial charge is 0.324 e. The molecule has 0 spiro atoms. The van der Waals surface area contributed by atoms with E-state index in [9.17, 15) is 0 Å². The van der Waals surface area contributed by atoms with Crippen LogP contribution in [0.5, 0.6) is 0 Å². The predicted molar refractivity (Wildman–Crippen MR) is 190 cm³/mol. The highest BCUT2D eigenvalue weighted by molar-refractivity contribution is 7.26. The number of amidine groups is 2. The third-order valence-corrected chi connectivity index (χ3v) is 10.2. The Hall–Kier alpha value is -5.33. The first kappa shape index (κ1) is 26.1. The zero-order chi connectivity index (χ0) is 30.0. The van der Waals surface area contributed by atoms with E-state index < -0.39 is 5.66 Å². The molecule has 0 radical (unpaired) electrons. The summed E-state index contributed by atoms with van der Waals surface area (Å²) in [7, 11) is 0. The Labute approximate surface area is 264 Å². The Morgan fingerprint density at radius 1 is 0.711 bits per heavy atom. The lowest BCUT2D eigenvalue weighted by atomic mass is 10.0. The van der Waals surface area contributed by atoms with Gasteiger partial charge in [-0.25, -0.2) is 9.98 Å². The summed E-state index contributed by atoms with van der Waals surface area (Å²) < 4.78 is 5.09. The molecule has 45 heavy (non-hydrogen) atoms. The molecule has 2 aliphatic rings. The van der Waals surface area contributed by atoms with Crippen molar-refractivity contribution in [2.45, 2.75) is 25.2 Å². The molecule has 6 heteroatoms. The SMILES string of the molecule is C[C@@]1(n2c3ccccc3c3ccc4c5ccccc5sc4c32)CC=C(C2=NC(c3ccccc3)N=C(c3ccccc3)N2)C=N1. The van der Waals surface area contributed by atoms with E-state index in [1.165, 1.54) is 42.0 Å². The molecule has 2 aromatic heterocycles. The van der Waals surface area contributed by atoms with Gasteiger partial charge >= 0.3 is 0 Å². The monoisotopic (exact) mass is 599 g/mol. The van der Waals surface area contributed by atoms with Gasteiger partial charge in [0.1, 0.15) is 17.3 Å². The molecule has 5 aromatic carbocycles. The third kappa shape index (κ3) is 4.17. The maximum atomic E-state index is 5.33. The highest BCUT2D eigenvalue weighted by atomic mass is 32.1. The van der Waals surface area contributed by atoms with Gasteiger partial charge in [0.05, 0.1) is 15.7 Å². The van der Waals surface area contributed by atoms with E-state index in [0.717, 1.165) is 34.8 Å². The van der Waals surface area contributed by atoms with E-state index in [2.05, 4.69) is 108 Å². The van der Waals surface area contributed by atoms with Crippen LogP contribution in [-0.4, -0.2) is 22.5 Å². The van der Waals surface area contributed by atoms with Crippen molar-refractivity contribution in [1.82, 2.24) is 9.88 Å². The lowest BCUT2D eigenvalue weighted by Gasteiger charge is -2.32. The number of hydrogen-bond donors (Lipinski definition) is 1. The minimum Gasteiger partial charge on any atom is -0.324 e. The average molecular weight is 600 g/mol. The van der Waals surface area contributed by atoms with E-state index in [4.69, 9.17) is 15.0 Å². The fourth-order valence-electron chi connectivity index (χ4n) is 6.77. The molecule has 4 heterocycles. The molecule has 0 bridgehead atoms. The number of aliphatic imine (C=N–C) groups is 3. The number of benzene rings is 5.